The van der Waals surface area contributed by atoms with Gasteiger partial charge in [-0.2, -0.15) is 0 Å². The van der Waals surface area contributed by atoms with E-state index in [0.717, 1.165) is 18.4 Å². The molecule has 0 bridgehead atoms. The van der Waals surface area contributed by atoms with Crippen molar-refractivity contribution in [3.63, 3.8) is 0 Å². The molecule has 1 aliphatic carbocycles. The van der Waals surface area contributed by atoms with Crippen LogP contribution in [0.2, 0.25) is 0 Å². The number of anilines is 1. The highest BCUT2D eigenvalue weighted by molar-refractivity contribution is 5.77. The molecular formula is C13H17N3O3. The molecule has 2 N–H and O–H groups in total. The summed E-state index contributed by atoms with van der Waals surface area (Å²) < 4.78 is 0. The van der Waals surface area contributed by atoms with Crippen LogP contribution in [-0.4, -0.2) is 23.4 Å². The van der Waals surface area contributed by atoms with E-state index >= 15 is 0 Å². The molecule has 1 aliphatic rings. The number of para-hydroxylation sites is 1. The minimum absolute atomic E-state index is 0.00811. The maximum Gasteiger partial charge on any atom is 0.292 e. The first-order valence-corrected chi connectivity index (χ1v) is 6.35. The number of nitro groups is 1. The SMILES string of the molecule is Cc1cccc([N+](=O)[O-])c1NCCC(=O)NC1CC1. The molecule has 19 heavy (non-hydrogen) atoms. The first kappa shape index (κ1) is 13.3. The van der Waals surface area contributed by atoms with E-state index in [1.165, 1.54) is 6.07 Å². The Morgan fingerprint density at radius 2 is 2.21 bits per heavy atom. The number of rotatable bonds is 6. The average Bonchev–Trinajstić information content (AvgIpc) is 3.14. The second-order valence-electron chi connectivity index (χ2n) is 4.74. The zero-order valence-corrected chi connectivity index (χ0v) is 10.8. The van der Waals surface area contributed by atoms with E-state index in [9.17, 15) is 14.9 Å². The molecule has 0 unspecified atom stereocenters. The molecule has 0 saturated heterocycles. The Labute approximate surface area is 111 Å². The summed E-state index contributed by atoms with van der Waals surface area (Å²) in [5, 5.41) is 16.8. The second-order valence-corrected chi connectivity index (χ2v) is 4.74. The summed E-state index contributed by atoms with van der Waals surface area (Å²) in [5.74, 6) is -0.00811. The number of amides is 1. The lowest BCUT2D eigenvalue weighted by molar-refractivity contribution is -0.384. The number of aryl methyl sites for hydroxylation is 1. The van der Waals surface area contributed by atoms with Crippen LogP contribution in [0.3, 0.4) is 0 Å². The van der Waals surface area contributed by atoms with Crippen LogP contribution in [-0.2, 0) is 4.79 Å². The molecule has 1 amide bonds. The summed E-state index contributed by atoms with van der Waals surface area (Å²) >= 11 is 0. The largest absolute Gasteiger partial charge is 0.379 e. The molecule has 2 rings (SSSR count). The van der Waals surface area contributed by atoms with Crippen molar-refractivity contribution in [3.05, 3.63) is 33.9 Å². The number of carbonyl (C=O) groups is 1. The van der Waals surface area contributed by atoms with Crippen LogP contribution in [0.4, 0.5) is 11.4 Å². The zero-order chi connectivity index (χ0) is 13.8. The summed E-state index contributed by atoms with van der Waals surface area (Å²) in [5.41, 5.74) is 1.34. The maximum atomic E-state index is 11.5. The Balaban J connectivity index is 1.91. The summed E-state index contributed by atoms with van der Waals surface area (Å²) in [7, 11) is 0. The summed E-state index contributed by atoms with van der Waals surface area (Å²) in [6, 6.07) is 5.26. The quantitative estimate of drug-likeness (QED) is 0.607. The van der Waals surface area contributed by atoms with Gasteiger partial charge in [0.05, 0.1) is 4.92 Å². The van der Waals surface area contributed by atoms with Gasteiger partial charge in [0.1, 0.15) is 5.69 Å². The number of carbonyl (C=O) groups excluding carboxylic acids is 1. The maximum absolute atomic E-state index is 11.5. The molecule has 6 heteroatoms. The van der Waals surface area contributed by atoms with E-state index in [1.54, 1.807) is 19.1 Å². The fourth-order valence-electron chi connectivity index (χ4n) is 1.86. The van der Waals surface area contributed by atoms with Crippen molar-refractivity contribution in [3.8, 4) is 0 Å². The Hall–Kier alpha value is -2.11. The fourth-order valence-corrected chi connectivity index (χ4v) is 1.86. The Morgan fingerprint density at radius 1 is 1.47 bits per heavy atom. The van der Waals surface area contributed by atoms with Crippen LogP contribution in [0.25, 0.3) is 0 Å². The summed E-state index contributed by atoms with van der Waals surface area (Å²) in [4.78, 5) is 22.0. The van der Waals surface area contributed by atoms with E-state index in [4.69, 9.17) is 0 Å². The molecule has 1 aromatic rings. The van der Waals surface area contributed by atoms with Gasteiger partial charge in [-0.1, -0.05) is 12.1 Å². The van der Waals surface area contributed by atoms with Crippen molar-refractivity contribution in [2.24, 2.45) is 0 Å². The number of nitro benzene ring substituents is 1. The zero-order valence-electron chi connectivity index (χ0n) is 10.8. The third-order valence-electron chi connectivity index (χ3n) is 3.04. The molecule has 0 radical (unpaired) electrons. The molecule has 0 spiro atoms. The predicted octanol–water partition coefficient (Wildman–Crippen LogP) is 1.98. The van der Waals surface area contributed by atoms with Gasteiger partial charge in [0, 0.05) is 25.1 Å². The molecule has 102 valence electrons. The first-order valence-electron chi connectivity index (χ1n) is 6.35. The van der Waals surface area contributed by atoms with Crippen LogP contribution in [0, 0.1) is 17.0 Å². The van der Waals surface area contributed by atoms with Crippen molar-refractivity contribution in [1.82, 2.24) is 5.32 Å². The van der Waals surface area contributed by atoms with E-state index in [2.05, 4.69) is 10.6 Å². The van der Waals surface area contributed by atoms with Crippen molar-refractivity contribution < 1.29 is 9.72 Å². The van der Waals surface area contributed by atoms with E-state index in [-0.39, 0.29) is 11.6 Å². The minimum Gasteiger partial charge on any atom is -0.379 e. The topological polar surface area (TPSA) is 84.3 Å². The van der Waals surface area contributed by atoms with Crippen LogP contribution in [0.5, 0.6) is 0 Å². The van der Waals surface area contributed by atoms with Gasteiger partial charge in [0.2, 0.25) is 5.91 Å². The fraction of sp³-hybridized carbons (Fsp3) is 0.462. The first-order chi connectivity index (χ1) is 9.08. The summed E-state index contributed by atoms with van der Waals surface area (Å²) in [6.07, 6.45) is 2.44. The normalized spacial score (nSPS) is 13.9. The number of benzene rings is 1. The van der Waals surface area contributed by atoms with Crippen LogP contribution in [0.1, 0.15) is 24.8 Å². The minimum atomic E-state index is -0.417. The van der Waals surface area contributed by atoms with E-state index in [0.29, 0.717) is 24.7 Å². The Morgan fingerprint density at radius 3 is 2.84 bits per heavy atom. The van der Waals surface area contributed by atoms with Gasteiger partial charge in [0.25, 0.3) is 5.69 Å². The lowest BCUT2D eigenvalue weighted by Crippen LogP contribution is -2.27. The summed E-state index contributed by atoms with van der Waals surface area (Å²) in [6.45, 7) is 2.20. The monoisotopic (exact) mass is 263 g/mol. The highest BCUT2D eigenvalue weighted by Gasteiger charge is 2.23. The van der Waals surface area contributed by atoms with Crippen molar-refractivity contribution in [2.45, 2.75) is 32.2 Å². The molecule has 1 fully saturated rings. The van der Waals surface area contributed by atoms with Crippen LogP contribution in [0.15, 0.2) is 18.2 Å². The van der Waals surface area contributed by atoms with Crippen molar-refractivity contribution in [2.75, 3.05) is 11.9 Å². The highest BCUT2D eigenvalue weighted by atomic mass is 16.6. The molecule has 1 aromatic carbocycles. The van der Waals surface area contributed by atoms with Gasteiger partial charge < -0.3 is 10.6 Å². The van der Waals surface area contributed by atoms with Gasteiger partial charge in [-0.05, 0) is 25.3 Å². The van der Waals surface area contributed by atoms with Gasteiger partial charge in [-0.3, -0.25) is 14.9 Å². The molecule has 0 aliphatic heterocycles. The molecule has 6 nitrogen and oxygen atoms in total. The lowest BCUT2D eigenvalue weighted by Gasteiger charge is -2.09. The van der Waals surface area contributed by atoms with Crippen molar-refractivity contribution >= 4 is 17.3 Å². The van der Waals surface area contributed by atoms with E-state index in [1.807, 2.05) is 0 Å². The van der Waals surface area contributed by atoms with Crippen LogP contribution >= 0.6 is 0 Å². The third kappa shape index (κ3) is 3.67. The predicted molar refractivity (Wildman–Crippen MR) is 72.1 cm³/mol. The van der Waals surface area contributed by atoms with E-state index < -0.39 is 4.92 Å². The average molecular weight is 263 g/mol. The third-order valence-corrected chi connectivity index (χ3v) is 3.04. The number of hydrogen-bond acceptors (Lipinski definition) is 4. The lowest BCUT2D eigenvalue weighted by atomic mass is 10.1. The van der Waals surface area contributed by atoms with Crippen molar-refractivity contribution in [1.29, 1.82) is 0 Å². The molecule has 0 atom stereocenters. The molecule has 0 heterocycles. The van der Waals surface area contributed by atoms with Gasteiger partial charge in [-0.15, -0.1) is 0 Å². The Kier molecular flexibility index (Phi) is 3.99. The standard InChI is InChI=1S/C13H17N3O3/c1-9-3-2-4-11(16(18)19)13(9)14-8-7-12(17)15-10-5-6-10/h2-4,10,14H,5-8H2,1H3,(H,15,17). The molecular weight excluding hydrogens is 246 g/mol. The van der Waals surface area contributed by atoms with Crippen LogP contribution < -0.4 is 10.6 Å². The Bertz CT molecular complexity index is 498. The second kappa shape index (κ2) is 5.69. The number of nitrogens with one attached hydrogen (secondary N) is 2. The number of hydrogen-bond donors (Lipinski definition) is 2. The van der Waals surface area contributed by atoms with Gasteiger partial charge >= 0.3 is 0 Å². The smallest absolute Gasteiger partial charge is 0.292 e. The van der Waals surface area contributed by atoms with Gasteiger partial charge in [0.15, 0.2) is 0 Å². The molecule has 0 aromatic heterocycles. The highest BCUT2D eigenvalue weighted by Crippen LogP contribution is 2.27. The molecule has 1 saturated carbocycles. The van der Waals surface area contributed by atoms with Gasteiger partial charge in [-0.25, -0.2) is 0 Å². The number of nitrogens with zero attached hydrogens (tertiary/aromatic N) is 1.